The molecule has 0 bridgehead atoms. The summed E-state index contributed by atoms with van der Waals surface area (Å²) in [5.74, 6) is 2.54. The summed E-state index contributed by atoms with van der Waals surface area (Å²) in [7, 11) is 0. The zero-order valence-corrected chi connectivity index (χ0v) is 12.2. The number of ether oxygens (including phenoxy) is 1. The van der Waals surface area contributed by atoms with E-state index in [2.05, 4.69) is 26.5 Å². The number of hydrogen-bond donors (Lipinski definition) is 1. The molecule has 1 aromatic carbocycles. The maximum atomic E-state index is 6.06. The summed E-state index contributed by atoms with van der Waals surface area (Å²) in [5.41, 5.74) is 1.15. The highest BCUT2D eigenvalue weighted by Crippen LogP contribution is 2.23. The number of rotatable bonds is 7. The molecule has 0 heterocycles. The van der Waals surface area contributed by atoms with Gasteiger partial charge in [0.2, 0.25) is 0 Å². The van der Waals surface area contributed by atoms with E-state index in [9.17, 15) is 0 Å². The summed E-state index contributed by atoms with van der Waals surface area (Å²) in [6.07, 6.45) is 3.16. The monoisotopic (exact) mass is 272 g/mol. The van der Waals surface area contributed by atoms with Gasteiger partial charge in [-0.25, -0.2) is 0 Å². The highest BCUT2D eigenvalue weighted by molar-refractivity contribution is 7.80. The van der Waals surface area contributed by atoms with Crippen molar-refractivity contribution in [2.45, 2.75) is 33.1 Å². The lowest BCUT2D eigenvalue weighted by molar-refractivity contribution is 0.282. The molecule has 0 spiro atoms. The molecule has 1 unspecified atom stereocenters. The van der Waals surface area contributed by atoms with Gasteiger partial charge in [-0.3, -0.25) is 0 Å². The molecular formula is C14H21ClOS. The van der Waals surface area contributed by atoms with Crippen molar-refractivity contribution in [3.63, 3.8) is 0 Å². The standard InChI is InChI=1S/C14H21ClOS/c1-3-12-10-13(4-5-14(12)15)16-8-6-11(2)7-9-17/h4-5,10-11,17H,3,6-9H2,1-2H3. The Morgan fingerprint density at radius 3 is 2.76 bits per heavy atom. The number of halogens is 1. The Morgan fingerprint density at radius 2 is 2.12 bits per heavy atom. The quantitative estimate of drug-likeness (QED) is 0.712. The molecular weight excluding hydrogens is 252 g/mol. The second kappa shape index (κ2) is 7.88. The van der Waals surface area contributed by atoms with E-state index >= 15 is 0 Å². The lowest BCUT2D eigenvalue weighted by Crippen LogP contribution is -2.05. The second-order valence-electron chi connectivity index (χ2n) is 4.36. The van der Waals surface area contributed by atoms with Crippen LogP contribution in [0.2, 0.25) is 5.02 Å². The summed E-state index contributed by atoms with van der Waals surface area (Å²) in [5, 5.41) is 0.822. The summed E-state index contributed by atoms with van der Waals surface area (Å²) in [6.45, 7) is 5.10. The lowest BCUT2D eigenvalue weighted by Gasteiger charge is -2.12. The number of hydrogen-bond acceptors (Lipinski definition) is 2. The highest BCUT2D eigenvalue weighted by Gasteiger charge is 2.03. The van der Waals surface area contributed by atoms with Crippen molar-refractivity contribution in [2.75, 3.05) is 12.4 Å². The minimum atomic E-state index is 0.672. The number of thiol groups is 1. The van der Waals surface area contributed by atoms with Crippen LogP contribution in [0, 0.1) is 5.92 Å². The van der Waals surface area contributed by atoms with Gasteiger partial charge >= 0.3 is 0 Å². The molecule has 17 heavy (non-hydrogen) atoms. The van der Waals surface area contributed by atoms with Crippen molar-refractivity contribution in [1.82, 2.24) is 0 Å². The largest absolute Gasteiger partial charge is 0.494 e. The summed E-state index contributed by atoms with van der Waals surface area (Å²) >= 11 is 10.3. The van der Waals surface area contributed by atoms with E-state index in [1.165, 1.54) is 0 Å². The predicted molar refractivity (Wildman–Crippen MR) is 78.6 cm³/mol. The third-order valence-electron chi connectivity index (χ3n) is 2.90. The van der Waals surface area contributed by atoms with Gasteiger partial charge in [-0.2, -0.15) is 12.6 Å². The van der Waals surface area contributed by atoms with Crippen LogP contribution in [0.5, 0.6) is 5.75 Å². The van der Waals surface area contributed by atoms with Gasteiger partial charge in [0.05, 0.1) is 6.61 Å². The zero-order chi connectivity index (χ0) is 12.7. The Bertz CT molecular complexity index is 341. The number of aryl methyl sites for hydroxylation is 1. The third kappa shape index (κ3) is 5.22. The first-order valence-electron chi connectivity index (χ1n) is 6.19. The molecule has 0 saturated carbocycles. The van der Waals surface area contributed by atoms with E-state index in [-0.39, 0.29) is 0 Å². The van der Waals surface area contributed by atoms with Crippen LogP contribution in [-0.4, -0.2) is 12.4 Å². The predicted octanol–water partition coefficient (Wildman–Crippen LogP) is 4.63. The molecule has 1 rings (SSSR count). The molecule has 0 amide bonds. The topological polar surface area (TPSA) is 9.23 Å². The van der Waals surface area contributed by atoms with Gasteiger partial charge in [0.25, 0.3) is 0 Å². The third-order valence-corrected chi connectivity index (χ3v) is 3.53. The fourth-order valence-electron chi connectivity index (χ4n) is 1.65. The minimum Gasteiger partial charge on any atom is -0.494 e. The van der Waals surface area contributed by atoms with Crippen LogP contribution < -0.4 is 4.74 Å². The summed E-state index contributed by atoms with van der Waals surface area (Å²) < 4.78 is 5.74. The Labute approximate surface area is 115 Å². The minimum absolute atomic E-state index is 0.672. The van der Waals surface area contributed by atoms with Gasteiger partial charge in [0, 0.05) is 5.02 Å². The molecule has 0 saturated heterocycles. The lowest BCUT2D eigenvalue weighted by atomic mass is 10.1. The van der Waals surface area contributed by atoms with Gasteiger partial charge in [-0.15, -0.1) is 0 Å². The maximum Gasteiger partial charge on any atom is 0.119 e. The van der Waals surface area contributed by atoms with Crippen molar-refractivity contribution >= 4 is 24.2 Å². The van der Waals surface area contributed by atoms with Crippen LogP contribution in [0.1, 0.15) is 32.3 Å². The van der Waals surface area contributed by atoms with E-state index in [0.29, 0.717) is 5.92 Å². The Balaban J connectivity index is 2.41. The van der Waals surface area contributed by atoms with E-state index < -0.39 is 0 Å². The smallest absolute Gasteiger partial charge is 0.119 e. The Kier molecular flexibility index (Phi) is 6.83. The molecule has 0 N–H and O–H groups in total. The van der Waals surface area contributed by atoms with Crippen LogP contribution in [-0.2, 0) is 6.42 Å². The first-order valence-corrected chi connectivity index (χ1v) is 7.20. The fraction of sp³-hybridized carbons (Fsp3) is 0.571. The van der Waals surface area contributed by atoms with Crippen molar-refractivity contribution in [3.8, 4) is 5.75 Å². The van der Waals surface area contributed by atoms with Crippen molar-refractivity contribution in [1.29, 1.82) is 0 Å². The van der Waals surface area contributed by atoms with Crippen LogP contribution in [0.15, 0.2) is 18.2 Å². The van der Waals surface area contributed by atoms with E-state index in [4.69, 9.17) is 16.3 Å². The normalized spacial score (nSPS) is 12.5. The van der Waals surface area contributed by atoms with E-state index in [0.717, 1.165) is 48.0 Å². The van der Waals surface area contributed by atoms with Crippen molar-refractivity contribution < 1.29 is 4.74 Å². The molecule has 0 fully saturated rings. The number of benzene rings is 1. The Hall–Kier alpha value is -0.340. The average molecular weight is 273 g/mol. The zero-order valence-electron chi connectivity index (χ0n) is 10.6. The average Bonchev–Trinajstić information content (AvgIpc) is 2.31. The molecule has 96 valence electrons. The molecule has 1 atom stereocenters. The van der Waals surface area contributed by atoms with Gasteiger partial charge in [-0.05, 0) is 54.7 Å². The second-order valence-corrected chi connectivity index (χ2v) is 5.22. The molecule has 0 aliphatic carbocycles. The van der Waals surface area contributed by atoms with Crippen molar-refractivity contribution in [3.05, 3.63) is 28.8 Å². The first kappa shape index (κ1) is 14.7. The van der Waals surface area contributed by atoms with Gasteiger partial charge in [0.1, 0.15) is 5.75 Å². The maximum absolute atomic E-state index is 6.06. The van der Waals surface area contributed by atoms with Crippen LogP contribution in [0.4, 0.5) is 0 Å². The SMILES string of the molecule is CCc1cc(OCCC(C)CCS)ccc1Cl. The van der Waals surface area contributed by atoms with Gasteiger partial charge < -0.3 is 4.74 Å². The van der Waals surface area contributed by atoms with E-state index in [1.54, 1.807) is 0 Å². The van der Waals surface area contributed by atoms with Crippen LogP contribution >= 0.6 is 24.2 Å². The molecule has 0 aliphatic heterocycles. The molecule has 1 aromatic rings. The molecule has 3 heteroatoms. The molecule has 1 nitrogen and oxygen atoms in total. The van der Waals surface area contributed by atoms with Crippen LogP contribution in [0.3, 0.4) is 0 Å². The van der Waals surface area contributed by atoms with E-state index in [1.807, 2.05) is 18.2 Å². The first-order chi connectivity index (χ1) is 8.17. The van der Waals surface area contributed by atoms with Gasteiger partial charge in [0.15, 0.2) is 0 Å². The fourth-order valence-corrected chi connectivity index (χ4v) is 2.35. The van der Waals surface area contributed by atoms with Gasteiger partial charge in [-0.1, -0.05) is 25.4 Å². The molecule has 0 aliphatic rings. The summed E-state index contributed by atoms with van der Waals surface area (Å²) in [6, 6.07) is 5.88. The molecule has 0 aromatic heterocycles. The van der Waals surface area contributed by atoms with Crippen LogP contribution in [0.25, 0.3) is 0 Å². The summed E-state index contributed by atoms with van der Waals surface area (Å²) in [4.78, 5) is 0. The molecule has 0 radical (unpaired) electrons. The van der Waals surface area contributed by atoms with Crippen molar-refractivity contribution in [2.24, 2.45) is 5.92 Å². The Morgan fingerprint density at radius 1 is 1.35 bits per heavy atom. The highest BCUT2D eigenvalue weighted by atomic mass is 35.5.